The topological polar surface area (TPSA) is 32.9 Å². The Kier molecular flexibility index (Phi) is 3.61. The summed E-state index contributed by atoms with van der Waals surface area (Å²) in [7, 11) is 0. The second-order valence-corrected chi connectivity index (χ2v) is 6.68. The molecule has 0 radical (unpaired) electrons. The maximum absolute atomic E-state index is 13.0. The maximum atomic E-state index is 13.0. The number of aromatic nitrogens is 1. The van der Waals surface area contributed by atoms with Crippen molar-refractivity contribution in [2.45, 2.75) is 0 Å². The second-order valence-electron chi connectivity index (χ2n) is 6.68. The van der Waals surface area contributed by atoms with Gasteiger partial charge in [-0.3, -0.25) is 4.79 Å². The van der Waals surface area contributed by atoms with Crippen LogP contribution in [0.4, 0.5) is 0 Å². The van der Waals surface area contributed by atoms with Gasteiger partial charge in [0.1, 0.15) is 0 Å². The molecule has 27 heavy (non-hydrogen) atoms. The summed E-state index contributed by atoms with van der Waals surface area (Å²) in [6.45, 7) is 0. The van der Waals surface area contributed by atoms with Crippen molar-refractivity contribution in [3.05, 3.63) is 107 Å². The summed E-state index contributed by atoms with van der Waals surface area (Å²) >= 11 is 0. The molecule has 2 heteroatoms. The third-order valence-electron chi connectivity index (χ3n) is 5.02. The van der Waals surface area contributed by atoms with Gasteiger partial charge in [0.15, 0.2) is 0 Å². The molecule has 128 valence electrons. The minimum atomic E-state index is -0.0536. The fraction of sp³-hybridized carbons (Fsp3) is 0. The molecule has 0 amide bonds. The molecule has 5 rings (SSSR count). The molecule has 0 aliphatic rings. The molecule has 0 saturated heterocycles. The average molecular weight is 347 g/mol. The zero-order chi connectivity index (χ0) is 18.2. The van der Waals surface area contributed by atoms with Crippen LogP contribution in [-0.2, 0) is 0 Å². The van der Waals surface area contributed by atoms with Crippen LogP contribution in [0, 0.1) is 0 Å². The van der Waals surface area contributed by atoms with Gasteiger partial charge in [-0.25, -0.2) is 0 Å². The number of hydrogen-bond acceptors (Lipinski definition) is 1. The van der Waals surface area contributed by atoms with Crippen LogP contribution in [0.2, 0.25) is 0 Å². The molecule has 0 saturated carbocycles. The standard InChI is InChI=1S/C25H17NO/c27-25-24-21(18-11-5-2-6-12-18)15-19(17-9-3-1-4-10-17)16-22(24)20-13-7-8-14-23(20)26-25/h1-16H,(H,26,27). The van der Waals surface area contributed by atoms with Crippen molar-refractivity contribution in [3.63, 3.8) is 0 Å². The highest BCUT2D eigenvalue weighted by atomic mass is 16.1. The minimum Gasteiger partial charge on any atom is -0.321 e. The van der Waals surface area contributed by atoms with Crippen LogP contribution >= 0.6 is 0 Å². The number of aromatic amines is 1. The highest BCUT2D eigenvalue weighted by Crippen LogP contribution is 2.35. The quantitative estimate of drug-likeness (QED) is 0.389. The first-order valence-corrected chi connectivity index (χ1v) is 9.01. The van der Waals surface area contributed by atoms with Crippen molar-refractivity contribution < 1.29 is 0 Å². The lowest BCUT2D eigenvalue weighted by molar-refractivity contribution is 1.34. The van der Waals surface area contributed by atoms with Crippen molar-refractivity contribution in [2.24, 2.45) is 0 Å². The molecule has 4 aromatic carbocycles. The van der Waals surface area contributed by atoms with Crippen molar-refractivity contribution in [2.75, 3.05) is 0 Å². The van der Waals surface area contributed by atoms with E-state index < -0.39 is 0 Å². The number of benzene rings is 4. The molecule has 0 aliphatic heterocycles. The highest BCUT2D eigenvalue weighted by molar-refractivity contribution is 6.12. The van der Waals surface area contributed by atoms with Crippen LogP contribution in [0.1, 0.15) is 0 Å². The third-order valence-corrected chi connectivity index (χ3v) is 5.02. The largest absolute Gasteiger partial charge is 0.321 e. The van der Waals surface area contributed by atoms with E-state index in [1.54, 1.807) is 0 Å². The van der Waals surface area contributed by atoms with Gasteiger partial charge in [-0.1, -0.05) is 78.9 Å². The molecule has 1 heterocycles. The lowest BCUT2D eigenvalue weighted by atomic mass is 9.92. The first-order valence-electron chi connectivity index (χ1n) is 9.01. The highest BCUT2D eigenvalue weighted by Gasteiger charge is 2.13. The summed E-state index contributed by atoms with van der Waals surface area (Å²) in [5, 5.41) is 2.77. The van der Waals surface area contributed by atoms with Crippen LogP contribution in [0.15, 0.2) is 102 Å². The first-order chi connectivity index (χ1) is 13.3. The lowest BCUT2D eigenvalue weighted by Gasteiger charge is -2.12. The molecule has 0 atom stereocenters. The Morgan fingerprint density at radius 2 is 1.19 bits per heavy atom. The van der Waals surface area contributed by atoms with Crippen molar-refractivity contribution in [1.82, 2.24) is 4.98 Å². The molecule has 1 aromatic heterocycles. The van der Waals surface area contributed by atoms with E-state index in [0.29, 0.717) is 0 Å². The Hall–Kier alpha value is -3.65. The fourth-order valence-corrected chi connectivity index (χ4v) is 3.75. The van der Waals surface area contributed by atoms with Gasteiger partial charge in [0.2, 0.25) is 0 Å². The summed E-state index contributed by atoms with van der Waals surface area (Å²) in [5.74, 6) is 0. The van der Waals surface area contributed by atoms with Gasteiger partial charge < -0.3 is 4.98 Å². The number of H-pyrrole nitrogens is 1. The number of hydrogen-bond donors (Lipinski definition) is 1. The molecule has 0 fully saturated rings. The summed E-state index contributed by atoms with van der Waals surface area (Å²) in [6.07, 6.45) is 0. The summed E-state index contributed by atoms with van der Waals surface area (Å²) < 4.78 is 0. The van der Waals surface area contributed by atoms with Gasteiger partial charge in [0, 0.05) is 10.9 Å². The SMILES string of the molecule is O=c1[nH]c2ccccc2c2cc(-c3ccccc3)cc(-c3ccccc3)c12. The van der Waals surface area contributed by atoms with Crippen molar-refractivity contribution >= 4 is 21.7 Å². The fourth-order valence-electron chi connectivity index (χ4n) is 3.75. The molecule has 1 N–H and O–H groups in total. The van der Waals surface area contributed by atoms with E-state index in [1.807, 2.05) is 54.6 Å². The summed E-state index contributed by atoms with van der Waals surface area (Å²) in [4.78, 5) is 16.0. The average Bonchev–Trinajstić information content (AvgIpc) is 2.74. The van der Waals surface area contributed by atoms with E-state index in [2.05, 4.69) is 47.4 Å². The summed E-state index contributed by atoms with van der Waals surface area (Å²) in [5.41, 5.74) is 5.06. The number of para-hydroxylation sites is 1. The monoisotopic (exact) mass is 347 g/mol. The van der Waals surface area contributed by atoms with Crippen LogP contribution < -0.4 is 5.56 Å². The van der Waals surface area contributed by atoms with E-state index in [1.165, 1.54) is 0 Å². The van der Waals surface area contributed by atoms with Gasteiger partial charge in [-0.05, 0) is 45.8 Å². The van der Waals surface area contributed by atoms with Crippen LogP contribution in [-0.4, -0.2) is 4.98 Å². The van der Waals surface area contributed by atoms with Gasteiger partial charge in [0.25, 0.3) is 5.56 Å². The Morgan fingerprint density at radius 3 is 1.93 bits per heavy atom. The zero-order valence-corrected chi connectivity index (χ0v) is 14.6. The molecule has 2 nitrogen and oxygen atoms in total. The lowest BCUT2D eigenvalue weighted by Crippen LogP contribution is -2.08. The maximum Gasteiger partial charge on any atom is 0.256 e. The van der Waals surface area contributed by atoms with Gasteiger partial charge >= 0.3 is 0 Å². The van der Waals surface area contributed by atoms with Gasteiger partial charge in [-0.15, -0.1) is 0 Å². The number of fused-ring (bicyclic) bond motifs is 3. The molecular weight excluding hydrogens is 330 g/mol. The molecule has 5 aromatic rings. The number of nitrogens with one attached hydrogen (secondary N) is 1. The van der Waals surface area contributed by atoms with Crippen molar-refractivity contribution in [3.8, 4) is 22.3 Å². The Bertz CT molecular complexity index is 1320. The smallest absolute Gasteiger partial charge is 0.256 e. The summed E-state index contributed by atoms with van der Waals surface area (Å²) in [6, 6.07) is 32.6. The zero-order valence-electron chi connectivity index (χ0n) is 14.6. The molecule has 0 unspecified atom stereocenters. The predicted molar refractivity (Wildman–Crippen MR) is 113 cm³/mol. The van der Waals surface area contributed by atoms with Crippen LogP contribution in [0.25, 0.3) is 43.9 Å². The second kappa shape index (κ2) is 6.26. The van der Waals surface area contributed by atoms with Gasteiger partial charge in [0.05, 0.1) is 5.39 Å². The molecular formula is C25H17NO. The van der Waals surface area contributed by atoms with Crippen molar-refractivity contribution in [1.29, 1.82) is 0 Å². The Labute approximate surface area is 156 Å². The third kappa shape index (κ3) is 2.63. The Morgan fingerprint density at radius 1 is 0.556 bits per heavy atom. The molecule has 0 bridgehead atoms. The van der Waals surface area contributed by atoms with E-state index in [9.17, 15) is 4.79 Å². The predicted octanol–water partition coefficient (Wildman–Crippen LogP) is 6.02. The number of rotatable bonds is 2. The van der Waals surface area contributed by atoms with Gasteiger partial charge in [-0.2, -0.15) is 0 Å². The van der Waals surface area contributed by atoms with Crippen LogP contribution in [0.5, 0.6) is 0 Å². The minimum absolute atomic E-state index is 0.0536. The first kappa shape index (κ1) is 15.6. The number of pyridine rings is 1. The van der Waals surface area contributed by atoms with E-state index >= 15 is 0 Å². The van der Waals surface area contributed by atoms with E-state index in [0.717, 1.165) is 43.9 Å². The Balaban J connectivity index is 1.97. The van der Waals surface area contributed by atoms with Crippen LogP contribution in [0.3, 0.4) is 0 Å². The van der Waals surface area contributed by atoms with E-state index in [4.69, 9.17) is 0 Å². The molecule has 0 spiro atoms. The normalized spacial score (nSPS) is 11.1. The molecule has 0 aliphatic carbocycles. The van der Waals surface area contributed by atoms with E-state index in [-0.39, 0.29) is 5.56 Å².